The molecule has 31 heavy (non-hydrogen) atoms. The molecule has 1 heterocycles. The summed E-state index contributed by atoms with van der Waals surface area (Å²) in [5.41, 5.74) is 3.77. The molecule has 4 aromatic rings. The fraction of sp³-hybridized carbons (Fsp3) is 0.125. The van der Waals surface area contributed by atoms with Crippen LogP contribution in [0, 0.1) is 0 Å². The maximum atomic E-state index is 12.7. The molecule has 0 saturated heterocycles. The van der Waals surface area contributed by atoms with E-state index in [9.17, 15) is 4.79 Å². The van der Waals surface area contributed by atoms with Gasteiger partial charge in [-0.1, -0.05) is 84.0 Å². The Hall–Kier alpha value is -3.09. The standard InChI is InChI=1S/C24H21ClN4OS/c1-2-29-23(27-28-24(29)31-16-20-10-6-7-11-21(20)25)26-22(30)19-14-12-18(13-15-19)17-8-4-3-5-9-17/h3-15H,2,16H2,1H3,(H,26,27,30). The van der Waals surface area contributed by atoms with Crippen molar-refractivity contribution in [1.82, 2.24) is 14.8 Å². The molecule has 0 saturated carbocycles. The minimum absolute atomic E-state index is 0.218. The van der Waals surface area contributed by atoms with Gasteiger partial charge < -0.3 is 0 Å². The number of halogens is 1. The maximum Gasteiger partial charge on any atom is 0.258 e. The molecule has 0 bridgehead atoms. The Balaban J connectivity index is 1.45. The molecule has 0 atom stereocenters. The molecule has 1 N–H and O–H groups in total. The van der Waals surface area contributed by atoms with E-state index in [2.05, 4.69) is 15.5 Å². The van der Waals surface area contributed by atoms with E-state index >= 15 is 0 Å². The van der Waals surface area contributed by atoms with Gasteiger partial charge in [-0.3, -0.25) is 14.7 Å². The highest BCUT2D eigenvalue weighted by molar-refractivity contribution is 7.98. The molecule has 1 aromatic heterocycles. The van der Waals surface area contributed by atoms with E-state index in [1.165, 1.54) is 11.8 Å². The van der Waals surface area contributed by atoms with Gasteiger partial charge in [0.1, 0.15) is 0 Å². The van der Waals surface area contributed by atoms with Gasteiger partial charge in [-0.2, -0.15) is 0 Å². The number of amides is 1. The van der Waals surface area contributed by atoms with E-state index in [1.807, 2.05) is 90.4 Å². The Morgan fingerprint density at radius 2 is 1.61 bits per heavy atom. The van der Waals surface area contributed by atoms with Gasteiger partial charge in [-0.25, -0.2) is 0 Å². The topological polar surface area (TPSA) is 59.8 Å². The fourth-order valence-corrected chi connectivity index (χ4v) is 4.44. The lowest BCUT2D eigenvalue weighted by molar-refractivity contribution is 0.102. The molecule has 0 radical (unpaired) electrons. The Labute approximate surface area is 190 Å². The Kier molecular flexibility index (Phi) is 6.70. The number of carbonyl (C=O) groups excluding carboxylic acids is 1. The van der Waals surface area contributed by atoms with Gasteiger partial charge in [0.15, 0.2) is 5.16 Å². The van der Waals surface area contributed by atoms with Crippen LogP contribution in [0.15, 0.2) is 84.0 Å². The van der Waals surface area contributed by atoms with Crippen molar-refractivity contribution in [3.05, 3.63) is 95.0 Å². The smallest absolute Gasteiger partial charge is 0.258 e. The third-order valence-electron chi connectivity index (χ3n) is 4.83. The molecule has 156 valence electrons. The second-order valence-electron chi connectivity index (χ2n) is 6.83. The summed E-state index contributed by atoms with van der Waals surface area (Å²) in [5.74, 6) is 0.887. The number of carbonyl (C=O) groups is 1. The van der Waals surface area contributed by atoms with Gasteiger partial charge >= 0.3 is 0 Å². The summed E-state index contributed by atoms with van der Waals surface area (Å²) in [5, 5.41) is 12.8. The Morgan fingerprint density at radius 1 is 0.935 bits per heavy atom. The number of benzene rings is 3. The van der Waals surface area contributed by atoms with E-state index in [0.29, 0.717) is 23.8 Å². The van der Waals surface area contributed by atoms with E-state index in [4.69, 9.17) is 11.6 Å². The molecular weight excluding hydrogens is 428 g/mol. The van der Waals surface area contributed by atoms with Crippen LogP contribution in [0.1, 0.15) is 22.8 Å². The zero-order chi connectivity index (χ0) is 21.6. The molecule has 0 aliphatic heterocycles. The van der Waals surface area contributed by atoms with Crippen molar-refractivity contribution in [2.45, 2.75) is 24.4 Å². The van der Waals surface area contributed by atoms with Gasteiger partial charge in [0.25, 0.3) is 5.91 Å². The summed E-state index contributed by atoms with van der Waals surface area (Å²) in [4.78, 5) is 12.7. The molecule has 7 heteroatoms. The fourth-order valence-electron chi connectivity index (χ4n) is 3.15. The number of anilines is 1. The number of nitrogens with one attached hydrogen (secondary N) is 1. The molecule has 0 aliphatic carbocycles. The van der Waals surface area contributed by atoms with E-state index in [0.717, 1.165) is 26.9 Å². The van der Waals surface area contributed by atoms with E-state index in [-0.39, 0.29) is 5.91 Å². The lowest BCUT2D eigenvalue weighted by Gasteiger charge is -2.09. The highest BCUT2D eigenvalue weighted by atomic mass is 35.5. The summed E-state index contributed by atoms with van der Waals surface area (Å²) >= 11 is 7.78. The second kappa shape index (κ2) is 9.81. The van der Waals surface area contributed by atoms with Gasteiger partial charge in [0, 0.05) is 22.9 Å². The van der Waals surface area contributed by atoms with Crippen LogP contribution < -0.4 is 5.32 Å². The van der Waals surface area contributed by atoms with Crippen molar-refractivity contribution in [3.63, 3.8) is 0 Å². The predicted molar refractivity (Wildman–Crippen MR) is 127 cm³/mol. The number of nitrogens with zero attached hydrogens (tertiary/aromatic N) is 3. The monoisotopic (exact) mass is 448 g/mol. The zero-order valence-electron chi connectivity index (χ0n) is 17.0. The van der Waals surface area contributed by atoms with Crippen LogP contribution in [0.3, 0.4) is 0 Å². The van der Waals surface area contributed by atoms with Crippen molar-refractivity contribution in [1.29, 1.82) is 0 Å². The first-order valence-corrected chi connectivity index (χ1v) is 11.3. The summed E-state index contributed by atoms with van der Waals surface area (Å²) in [6, 6.07) is 25.3. The van der Waals surface area contributed by atoms with E-state index in [1.54, 1.807) is 0 Å². The SMILES string of the molecule is CCn1c(NC(=O)c2ccc(-c3ccccc3)cc2)nnc1SCc1ccccc1Cl. The van der Waals surface area contributed by atoms with Crippen LogP contribution in [-0.2, 0) is 12.3 Å². The third-order valence-corrected chi connectivity index (χ3v) is 6.21. The number of aromatic nitrogens is 3. The number of hydrogen-bond acceptors (Lipinski definition) is 4. The normalized spacial score (nSPS) is 10.8. The lowest BCUT2D eigenvalue weighted by atomic mass is 10.0. The molecule has 0 aliphatic rings. The molecule has 0 spiro atoms. The second-order valence-corrected chi connectivity index (χ2v) is 8.18. The summed E-state index contributed by atoms with van der Waals surface area (Å²) < 4.78 is 1.89. The van der Waals surface area contributed by atoms with Gasteiger partial charge in [-0.15, -0.1) is 10.2 Å². The largest absolute Gasteiger partial charge is 0.290 e. The van der Waals surface area contributed by atoms with E-state index < -0.39 is 0 Å². The van der Waals surface area contributed by atoms with Gasteiger partial charge in [0.2, 0.25) is 5.95 Å². The van der Waals surface area contributed by atoms with Crippen molar-refractivity contribution >= 4 is 35.2 Å². The first-order valence-electron chi connectivity index (χ1n) is 9.92. The van der Waals surface area contributed by atoms with Crippen LogP contribution in [0.25, 0.3) is 11.1 Å². The van der Waals surface area contributed by atoms with Crippen molar-refractivity contribution in [2.24, 2.45) is 0 Å². The Morgan fingerprint density at radius 3 is 2.32 bits per heavy atom. The summed E-state index contributed by atoms with van der Waals surface area (Å²) in [6.45, 7) is 2.63. The minimum atomic E-state index is -0.218. The highest BCUT2D eigenvalue weighted by Gasteiger charge is 2.15. The minimum Gasteiger partial charge on any atom is -0.290 e. The molecule has 4 rings (SSSR count). The molecular formula is C24H21ClN4OS. The molecule has 0 unspecified atom stereocenters. The average Bonchev–Trinajstić information content (AvgIpc) is 3.20. The number of rotatable bonds is 7. The maximum absolute atomic E-state index is 12.7. The number of thioether (sulfide) groups is 1. The zero-order valence-corrected chi connectivity index (χ0v) is 18.5. The summed E-state index contributed by atoms with van der Waals surface area (Å²) in [7, 11) is 0. The van der Waals surface area contributed by atoms with Crippen LogP contribution in [0.4, 0.5) is 5.95 Å². The number of hydrogen-bond donors (Lipinski definition) is 1. The lowest BCUT2D eigenvalue weighted by Crippen LogP contribution is -2.16. The van der Waals surface area contributed by atoms with Crippen LogP contribution >= 0.6 is 23.4 Å². The van der Waals surface area contributed by atoms with Crippen LogP contribution in [-0.4, -0.2) is 20.7 Å². The quantitative estimate of drug-likeness (QED) is 0.344. The third kappa shape index (κ3) is 4.98. The predicted octanol–water partition coefficient (Wildman–Crippen LogP) is 6.16. The van der Waals surface area contributed by atoms with Gasteiger partial charge in [-0.05, 0) is 41.8 Å². The average molecular weight is 449 g/mol. The van der Waals surface area contributed by atoms with Crippen molar-refractivity contribution < 1.29 is 4.79 Å². The van der Waals surface area contributed by atoms with Gasteiger partial charge in [0.05, 0.1) is 0 Å². The first-order chi connectivity index (χ1) is 15.2. The molecule has 1 amide bonds. The van der Waals surface area contributed by atoms with Crippen LogP contribution in [0.5, 0.6) is 0 Å². The Bertz CT molecular complexity index is 1180. The molecule has 5 nitrogen and oxygen atoms in total. The molecule has 3 aromatic carbocycles. The summed E-state index contributed by atoms with van der Waals surface area (Å²) in [6.07, 6.45) is 0. The highest BCUT2D eigenvalue weighted by Crippen LogP contribution is 2.27. The van der Waals surface area contributed by atoms with Crippen molar-refractivity contribution in [2.75, 3.05) is 5.32 Å². The van der Waals surface area contributed by atoms with Crippen molar-refractivity contribution in [3.8, 4) is 11.1 Å². The first kappa shape index (κ1) is 21.2. The van der Waals surface area contributed by atoms with Crippen LogP contribution in [0.2, 0.25) is 5.02 Å². The molecule has 0 fully saturated rings.